The number of imide groups is 1. The number of nitrogens with one attached hydrogen (secondary N) is 1. The van der Waals surface area contributed by atoms with Crippen LogP contribution >= 0.6 is 0 Å². The average Bonchev–Trinajstić information content (AvgIpc) is 2.36. The van der Waals surface area contributed by atoms with E-state index in [1.165, 1.54) is 10.6 Å². The minimum Gasteiger partial charge on any atom is -0.398 e. The first-order valence-electron chi connectivity index (χ1n) is 6.36. The molecule has 7 heteroatoms. The largest absolute Gasteiger partial charge is 0.398 e. The number of aromatic nitrogens is 1. The summed E-state index contributed by atoms with van der Waals surface area (Å²) in [5.41, 5.74) is 5.20. The van der Waals surface area contributed by atoms with Crippen LogP contribution in [0.25, 0.3) is 0 Å². The number of hydrogen-bond acceptors (Lipinski definition) is 5. The molecule has 1 saturated heterocycles. The van der Waals surface area contributed by atoms with Gasteiger partial charge in [-0.05, 0) is 19.9 Å². The molecule has 2 rings (SSSR count). The molecular formula is C13H18N4O3. The number of piperazine rings is 1. The lowest BCUT2D eigenvalue weighted by Gasteiger charge is -2.40. The molecule has 0 bridgehead atoms. The number of nitrogen functional groups attached to an aromatic ring is 1. The normalized spacial score (nSPS) is 18.9. The number of carbonyl (C=O) groups is 2. The second kappa shape index (κ2) is 5.09. The summed E-state index contributed by atoms with van der Waals surface area (Å²) in [6, 6.07) is 2.94. The summed E-state index contributed by atoms with van der Waals surface area (Å²) in [5, 5.41) is 2.31. The minimum absolute atomic E-state index is 0.135. The Balaban J connectivity index is 2.13. The van der Waals surface area contributed by atoms with E-state index in [2.05, 4.69) is 5.32 Å². The molecule has 2 amide bonds. The molecule has 7 nitrogen and oxygen atoms in total. The molecule has 0 spiro atoms. The highest BCUT2D eigenvalue weighted by Crippen LogP contribution is 2.17. The summed E-state index contributed by atoms with van der Waals surface area (Å²) in [6.45, 7) is 4.41. The Morgan fingerprint density at radius 2 is 1.95 bits per heavy atom. The van der Waals surface area contributed by atoms with Crippen molar-refractivity contribution >= 4 is 17.5 Å². The third-order valence-corrected chi connectivity index (χ3v) is 3.55. The first-order valence-corrected chi connectivity index (χ1v) is 6.36. The third kappa shape index (κ3) is 2.72. The molecule has 2 heterocycles. The minimum atomic E-state index is -0.780. The monoisotopic (exact) mass is 278 g/mol. The highest BCUT2D eigenvalue weighted by molar-refractivity contribution is 6.02. The second-order valence-electron chi connectivity index (χ2n) is 5.35. The van der Waals surface area contributed by atoms with Crippen molar-refractivity contribution in [3.63, 3.8) is 0 Å². The Morgan fingerprint density at radius 3 is 2.65 bits per heavy atom. The van der Waals surface area contributed by atoms with E-state index < -0.39 is 5.54 Å². The number of rotatable bonds is 3. The van der Waals surface area contributed by atoms with Crippen LogP contribution in [-0.2, 0) is 16.1 Å². The predicted octanol–water partition coefficient (Wildman–Crippen LogP) is -0.832. The van der Waals surface area contributed by atoms with Crippen molar-refractivity contribution in [3.8, 4) is 0 Å². The van der Waals surface area contributed by atoms with Crippen LogP contribution in [0.15, 0.2) is 23.1 Å². The van der Waals surface area contributed by atoms with Crippen molar-refractivity contribution in [3.05, 3.63) is 28.7 Å². The van der Waals surface area contributed by atoms with Crippen LogP contribution in [0.3, 0.4) is 0 Å². The van der Waals surface area contributed by atoms with Crippen molar-refractivity contribution in [2.45, 2.75) is 25.9 Å². The zero-order valence-corrected chi connectivity index (χ0v) is 11.5. The Bertz CT molecular complexity index is 606. The number of carbonyl (C=O) groups excluding carboxylic acids is 2. The molecular weight excluding hydrogens is 260 g/mol. The van der Waals surface area contributed by atoms with E-state index in [1.807, 2.05) is 0 Å². The maximum Gasteiger partial charge on any atom is 0.250 e. The lowest BCUT2D eigenvalue weighted by atomic mass is 9.99. The number of anilines is 1. The molecule has 1 aliphatic heterocycles. The SMILES string of the molecule is CC1(C)C(=O)NC(=O)CN1CCn1cc(N)ccc1=O. The molecule has 1 aliphatic rings. The van der Waals surface area contributed by atoms with Crippen LogP contribution in [0.4, 0.5) is 5.69 Å². The van der Waals surface area contributed by atoms with Gasteiger partial charge in [0.25, 0.3) is 5.56 Å². The molecule has 1 aromatic heterocycles. The predicted molar refractivity (Wildman–Crippen MR) is 73.9 cm³/mol. The molecule has 0 aliphatic carbocycles. The number of hydrogen-bond donors (Lipinski definition) is 2. The molecule has 1 aromatic rings. The van der Waals surface area contributed by atoms with E-state index in [4.69, 9.17) is 5.73 Å². The second-order valence-corrected chi connectivity index (χ2v) is 5.35. The van der Waals surface area contributed by atoms with Crippen LogP contribution < -0.4 is 16.6 Å². The van der Waals surface area contributed by atoms with E-state index >= 15 is 0 Å². The van der Waals surface area contributed by atoms with Gasteiger partial charge in [-0.25, -0.2) is 0 Å². The molecule has 1 fully saturated rings. The van der Waals surface area contributed by atoms with E-state index in [0.29, 0.717) is 18.8 Å². The maximum atomic E-state index is 11.8. The number of nitrogens with zero attached hydrogens (tertiary/aromatic N) is 2. The fourth-order valence-electron chi connectivity index (χ4n) is 2.15. The summed E-state index contributed by atoms with van der Waals surface area (Å²) in [5.74, 6) is -0.650. The molecule has 0 atom stereocenters. The quantitative estimate of drug-likeness (QED) is 0.703. The fourth-order valence-corrected chi connectivity index (χ4v) is 2.15. The van der Waals surface area contributed by atoms with Gasteiger partial charge in [0.05, 0.1) is 12.1 Å². The van der Waals surface area contributed by atoms with Gasteiger partial charge in [0, 0.05) is 31.0 Å². The highest BCUT2D eigenvalue weighted by Gasteiger charge is 2.40. The first kappa shape index (κ1) is 14.3. The Labute approximate surface area is 116 Å². The van der Waals surface area contributed by atoms with Crippen LogP contribution in [0.5, 0.6) is 0 Å². The van der Waals surface area contributed by atoms with Gasteiger partial charge >= 0.3 is 0 Å². The van der Waals surface area contributed by atoms with E-state index in [0.717, 1.165) is 0 Å². The number of pyridine rings is 1. The lowest BCUT2D eigenvalue weighted by molar-refractivity contribution is -0.145. The van der Waals surface area contributed by atoms with Gasteiger partial charge in [-0.15, -0.1) is 0 Å². The van der Waals surface area contributed by atoms with Crippen molar-refractivity contribution in [2.24, 2.45) is 0 Å². The topological polar surface area (TPSA) is 97.4 Å². The van der Waals surface area contributed by atoms with E-state index in [9.17, 15) is 14.4 Å². The Kier molecular flexibility index (Phi) is 3.63. The van der Waals surface area contributed by atoms with Crippen LogP contribution in [-0.4, -0.2) is 39.9 Å². The lowest BCUT2D eigenvalue weighted by Crippen LogP contribution is -2.64. The van der Waals surface area contributed by atoms with Crippen molar-refractivity contribution in [2.75, 3.05) is 18.8 Å². The van der Waals surface area contributed by atoms with Gasteiger partial charge in [-0.1, -0.05) is 0 Å². The highest BCUT2D eigenvalue weighted by atomic mass is 16.2. The van der Waals surface area contributed by atoms with Gasteiger partial charge in [0.1, 0.15) is 0 Å². The molecule has 0 unspecified atom stereocenters. The van der Waals surface area contributed by atoms with Crippen LogP contribution in [0.2, 0.25) is 0 Å². The first-order chi connectivity index (χ1) is 9.30. The maximum absolute atomic E-state index is 11.8. The molecule has 0 saturated carbocycles. The smallest absolute Gasteiger partial charge is 0.250 e. The summed E-state index contributed by atoms with van der Waals surface area (Å²) in [4.78, 5) is 36.7. The van der Waals surface area contributed by atoms with Crippen molar-refractivity contribution in [1.82, 2.24) is 14.8 Å². The fraction of sp³-hybridized carbons (Fsp3) is 0.462. The zero-order valence-electron chi connectivity index (χ0n) is 11.5. The number of nitrogens with two attached hydrogens (primary N) is 1. The molecule has 20 heavy (non-hydrogen) atoms. The van der Waals surface area contributed by atoms with Gasteiger partial charge in [0.15, 0.2) is 0 Å². The van der Waals surface area contributed by atoms with Gasteiger partial charge in [-0.3, -0.25) is 24.6 Å². The van der Waals surface area contributed by atoms with Crippen molar-refractivity contribution < 1.29 is 9.59 Å². The molecule has 108 valence electrons. The number of amides is 2. The summed E-state index contributed by atoms with van der Waals surface area (Å²) in [7, 11) is 0. The summed E-state index contributed by atoms with van der Waals surface area (Å²) < 4.78 is 1.47. The standard InChI is InChI=1S/C13H18N4O3/c1-13(2)12(20)15-10(18)8-17(13)6-5-16-7-9(14)3-4-11(16)19/h3-4,7H,5-6,8,14H2,1-2H3,(H,15,18,20). The third-order valence-electron chi connectivity index (χ3n) is 3.55. The van der Waals surface area contributed by atoms with Crippen LogP contribution in [0.1, 0.15) is 13.8 Å². The zero-order chi connectivity index (χ0) is 14.9. The van der Waals surface area contributed by atoms with E-state index in [1.54, 1.807) is 31.0 Å². The molecule has 0 aromatic carbocycles. The van der Waals surface area contributed by atoms with Crippen LogP contribution in [0, 0.1) is 0 Å². The average molecular weight is 278 g/mol. The Hall–Kier alpha value is -2.15. The Morgan fingerprint density at radius 1 is 1.25 bits per heavy atom. The summed E-state index contributed by atoms with van der Waals surface area (Å²) in [6.07, 6.45) is 1.56. The van der Waals surface area contributed by atoms with Crippen molar-refractivity contribution in [1.29, 1.82) is 0 Å². The summed E-state index contributed by atoms with van der Waals surface area (Å²) >= 11 is 0. The molecule has 3 N–H and O–H groups in total. The molecule has 0 radical (unpaired) electrons. The van der Waals surface area contributed by atoms with Gasteiger partial charge < -0.3 is 10.3 Å². The van der Waals surface area contributed by atoms with Gasteiger partial charge in [-0.2, -0.15) is 0 Å². The van der Waals surface area contributed by atoms with Gasteiger partial charge in [0.2, 0.25) is 11.8 Å². The van der Waals surface area contributed by atoms with E-state index in [-0.39, 0.29) is 23.9 Å².